The fourth-order valence-corrected chi connectivity index (χ4v) is 4.00. The Bertz CT molecular complexity index is 817. The summed E-state index contributed by atoms with van der Waals surface area (Å²) < 4.78 is 13.1. The summed E-state index contributed by atoms with van der Waals surface area (Å²) in [6.45, 7) is 0.997. The van der Waals surface area contributed by atoms with Crippen LogP contribution in [0.1, 0.15) is 19.3 Å². The molecule has 0 unspecified atom stereocenters. The Morgan fingerprint density at radius 3 is 2.33 bits per heavy atom. The van der Waals surface area contributed by atoms with Gasteiger partial charge in [0.05, 0.1) is 0 Å². The van der Waals surface area contributed by atoms with Crippen molar-refractivity contribution in [2.75, 3.05) is 24.5 Å². The second-order valence-corrected chi connectivity index (χ2v) is 7.12. The molecule has 27 heavy (non-hydrogen) atoms. The highest BCUT2D eigenvalue weighted by Gasteiger charge is 2.49. The average molecular weight is 374 g/mol. The maximum absolute atomic E-state index is 13.1. The van der Waals surface area contributed by atoms with Gasteiger partial charge in [0, 0.05) is 25.3 Å². The maximum Gasteiger partial charge on any atom is 0.322 e. The van der Waals surface area contributed by atoms with Crippen LogP contribution in [0.25, 0.3) is 0 Å². The van der Waals surface area contributed by atoms with Crippen molar-refractivity contribution in [3.8, 4) is 0 Å². The van der Waals surface area contributed by atoms with Gasteiger partial charge in [-0.25, -0.2) is 9.18 Å². The summed E-state index contributed by atoms with van der Waals surface area (Å²) in [5, 5.41) is 4.88. The lowest BCUT2D eigenvalue weighted by molar-refractivity contribution is -0.142. The van der Waals surface area contributed by atoms with Crippen LogP contribution >= 0.6 is 0 Å². The summed E-state index contributed by atoms with van der Waals surface area (Å²) in [5.41, 5.74) is -0.382. The van der Waals surface area contributed by atoms with Gasteiger partial charge in [-0.3, -0.25) is 19.7 Å². The SMILES string of the molecule is O=C1NC(=O)C2(CCN(C(=O)[C@H]3CCN(c4ccc(F)cc4)C3=O)CC2)N1. The van der Waals surface area contributed by atoms with E-state index < -0.39 is 17.5 Å². The Hall–Kier alpha value is -2.97. The summed E-state index contributed by atoms with van der Waals surface area (Å²) in [6, 6.07) is 5.09. The lowest BCUT2D eigenvalue weighted by Gasteiger charge is -2.37. The van der Waals surface area contributed by atoms with Gasteiger partial charge >= 0.3 is 6.03 Å². The van der Waals surface area contributed by atoms with E-state index in [0.717, 1.165) is 0 Å². The molecule has 3 aliphatic heterocycles. The van der Waals surface area contributed by atoms with Gasteiger partial charge in [-0.1, -0.05) is 0 Å². The second-order valence-electron chi connectivity index (χ2n) is 7.12. The van der Waals surface area contributed by atoms with E-state index in [9.17, 15) is 23.6 Å². The molecule has 1 aromatic carbocycles. The second kappa shape index (κ2) is 6.33. The van der Waals surface area contributed by atoms with Crippen LogP contribution in [-0.2, 0) is 14.4 Å². The highest BCUT2D eigenvalue weighted by Crippen LogP contribution is 2.30. The molecule has 8 nitrogen and oxygen atoms in total. The Morgan fingerprint density at radius 2 is 1.74 bits per heavy atom. The van der Waals surface area contributed by atoms with Gasteiger partial charge in [-0.05, 0) is 43.5 Å². The van der Waals surface area contributed by atoms with Crippen LogP contribution in [0.3, 0.4) is 0 Å². The first-order valence-electron chi connectivity index (χ1n) is 8.89. The zero-order chi connectivity index (χ0) is 19.2. The molecule has 0 bridgehead atoms. The summed E-state index contributed by atoms with van der Waals surface area (Å²) in [7, 11) is 0. The number of urea groups is 1. The van der Waals surface area contributed by atoms with Crippen molar-refractivity contribution in [1.82, 2.24) is 15.5 Å². The molecule has 0 aromatic heterocycles. The number of carbonyl (C=O) groups excluding carboxylic acids is 4. The predicted octanol–water partition coefficient (Wildman–Crippen LogP) is 0.379. The minimum atomic E-state index is -0.951. The summed E-state index contributed by atoms with van der Waals surface area (Å²) in [6.07, 6.45) is 1.03. The third-order valence-electron chi connectivity index (χ3n) is 5.59. The van der Waals surface area contributed by atoms with Crippen LogP contribution in [0.2, 0.25) is 0 Å². The first-order chi connectivity index (χ1) is 12.9. The number of anilines is 1. The summed E-state index contributed by atoms with van der Waals surface area (Å²) in [5.74, 6) is -2.07. The fourth-order valence-electron chi connectivity index (χ4n) is 4.00. The number of likely N-dealkylation sites (tertiary alicyclic amines) is 1. The van der Waals surface area contributed by atoms with E-state index in [1.807, 2.05) is 0 Å². The van der Waals surface area contributed by atoms with Gasteiger partial charge in [-0.2, -0.15) is 0 Å². The standard InChI is InChI=1S/C18H19FN4O4/c19-11-1-3-12(4-2-11)23-8-5-13(15(23)25)14(24)22-9-6-18(7-10-22)16(26)20-17(27)21-18/h1-4,13H,5-10H2,(H2,20,21,26,27)/t13-/m1/s1. The maximum atomic E-state index is 13.1. The number of hydrogen-bond donors (Lipinski definition) is 2. The van der Waals surface area contributed by atoms with Crippen LogP contribution in [0.4, 0.5) is 14.9 Å². The van der Waals surface area contributed by atoms with E-state index in [2.05, 4.69) is 10.6 Å². The minimum Gasteiger partial charge on any atom is -0.342 e. The van der Waals surface area contributed by atoms with Crippen molar-refractivity contribution in [3.63, 3.8) is 0 Å². The van der Waals surface area contributed by atoms with E-state index in [4.69, 9.17) is 0 Å². The molecule has 5 amide bonds. The monoisotopic (exact) mass is 374 g/mol. The number of benzene rings is 1. The van der Waals surface area contributed by atoms with Gasteiger partial charge in [-0.15, -0.1) is 0 Å². The van der Waals surface area contributed by atoms with E-state index in [0.29, 0.717) is 44.6 Å². The number of imide groups is 1. The number of nitrogens with zero attached hydrogens (tertiary/aromatic N) is 2. The van der Waals surface area contributed by atoms with Crippen LogP contribution < -0.4 is 15.5 Å². The molecule has 1 aromatic rings. The van der Waals surface area contributed by atoms with Crippen LogP contribution in [0.5, 0.6) is 0 Å². The Morgan fingerprint density at radius 1 is 1.07 bits per heavy atom. The molecule has 3 heterocycles. The number of hydrogen-bond acceptors (Lipinski definition) is 4. The number of halogens is 1. The summed E-state index contributed by atoms with van der Waals surface area (Å²) in [4.78, 5) is 52.0. The molecule has 142 valence electrons. The van der Waals surface area contributed by atoms with Crippen molar-refractivity contribution in [2.24, 2.45) is 5.92 Å². The number of nitrogens with one attached hydrogen (secondary N) is 2. The molecule has 2 N–H and O–H groups in total. The van der Waals surface area contributed by atoms with E-state index in [1.165, 1.54) is 29.2 Å². The molecule has 1 spiro atoms. The molecular weight excluding hydrogens is 355 g/mol. The topological polar surface area (TPSA) is 98.8 Å². The van der Waals surface area contributed by atoms with Crippen LogP contribution in [0, 0.1) is 11.7 Å². The van der Waals surface area contributed by atoms with Crippen LogP contribution in [0.15, 0.2) is 24.3 Å². The molecule has 0 saturated carbocycles. The molecule has 3 aliphatic rings. The lowest BCUT2D eigenvalue weighted by Crippen LogP contribution is -2.56. The van der Waals surface area contributed by atoms with E-state index >= 15 is 0 Å². The number of rotatable bonds is 2. The highest BCUT2D eigenvalue weighted by molar-refractivity contribution is 6.10. The molecule has 3 fully saturated rings. The molecule has 1 atom stereocenters. The number of piperidine rings is 1. The first-order valence-corrected chi connectivity index (χ1v) is 8.89. The first kappa shape index (κ1) is 17.4. The zero-order valence-electron chi connectivity index (χ0n) is 14.5. The average Bonchev–Trinajstić information content (AvgIpc) is 3.15. The highest BCUT2D eigenvalue weighted by atomic mass is 19.1. The van der Waals surface area contributed by atoms with Gasteiger partial charge in [0.15, 0.2) is 0 Å². The Labute approximate surface area is 154 Å². The van der Waals surface area contributed by atoms with E-state index in [-0.39, 0.29) is 23.5 Å². The summed E-state index contributed by atoms with van der Waals surface area (Å²) >= 11 is 0. The predicted molar refractivity (Wildman–Crippen MR) is 92.1 cm³/mol. The molecule has 3 saturated heterocycles. The molecule has 9 heteroatoms. The minimum absolute atomic E-state index is 0.260. The third-order valence-corrected chi connectivity index (χ3v) is 5.59. The van der Waals surface area contributed by atoms with Gasteiger partial charge in [0.1, 0.15) is 17.3 Å². The van der Waals surface area contributed by atoms with Gasteiger partial charge in [0.25, 0.3) is 5.91 Å². The Balaban J connectivity index is 1.41. The molecule has 0 radical (unpaired) electrons. The van der Waals surface area contributed by atoms with Gasteiger partial charge in [0.2, 0.25) is 11.8 Å². The van der Waals surface area contributed by atoms with Crippen molar-refractivity contribution >= 4 is 29.4 Å². The van der Waals surface area contributed by atoms with Crippen molar-refractivity contribution in [3.05, 3.63) is 30.1 Å². The number of carbonyl (C=O) groups is 4. The van der Waals surface area contributed by atoms with E-state index in [1.54, 1.807) is 4.90 Å². The van der Waals surface area contributed by atoms with Crippen molar-refractivity contribution < 1.29 is 23.6 Å². The molecule has 4 rings (SSSR count). The number of amides is 5. The zero-order valence-corrected chi connectivity index (χ0v) is 14.5. The lowest BCUT2D eigenvalue weighted by atomic mass is 9.87. The Kier molecular flexibility index (Phi) is 4.09. The third kappa shape index (κ3) is 2.92. The fraction of sp³-hybridized carbons (Fsp3) is 0.444. The quantitative estimate of drug-likeness (QED) is 0.578. The van der Waals surface area contributed by atoms with Gasteiger partial charge < -0.3 is 15.1 Å². The van der Waals surface area contributed by atoms with Crippen LogP contribution in [-0.4, -0.2) is 53.8 Å². The normalized spacial score (nSPS) is 24.3. The van der Waals surface area contributed by atoms with Crippen molar-refractivity contribution in [1.29, 1.82) is 0 Å². The molecular formula is C18H19FN4O4. The van der Waals surface area contributed by atoms with Crippen molar-refractivity contribution in [2.45, 2.75) is 24.8 Å². The smallest absolute Gasteiger partial charge is 0.322 e. The molecule has 0 aliphatic carbocycles. The largest absolute Gasteiger partial charge is 0.342 e.